The third-order valence-electron chi connectivity index (χ3n) is 3.10. The van der Waals surface area contributed by atoms with E-state index in [9.17, 15) is 13.2 Å². The van der Waals surface area contributed by atoms with Crippen LogP contribution in [0.25, 0.3) is 21.1 Å². The van der Waals surface area contributed by atoms with Gasteiger partial charge in [-0.25, -0.2) is 9.97 Å². The van der Waals surface area contributed by atoms with Crippen molar-refractivity contribution < 1.29 is 18.0 Å². The van der Waals surface area contributed by atoms with Crippen LogP contribution < -0.4 is 0 Å². The Kier molecular flexibility index (Phi) is 4.75. The second-order valence-corrected chi connectivity index (χ2v) is 5.80. The average molecular weight is 364 g/mol. The lowest BCUT2D eigenvalue weighted by molar-refractivity contribution is -0.140. The number of alkyl halides is 3. The van der Waals surface area contributed by atoms with E-state index in [0.717, 1.165) is 11.3 Å². The van der Waals surface area contributed by atoms with E-state index >= 15 is 0 Å². The van der Waals surface area contributed by atoms with Gasteiger partial charge in [-0.2, -0.15) is 13.2 Å². The highest BCUT2D eigenvalue weighted by Gasteiger charge is 2.38. The molecule has 25 heavy (non-hydrogen) atoms. The first-order valence-electron chi connectivity index (χ1n) is 7.01. The molecule has 3 aromatic rings. The molecule has 0 aromatic carbocycles. The van der Waals surface area contributed by atoms with Gasteiger partial charge in [0.15, 0.2) is 5.69 Å². The number of hydrogen-bond acceptors (Lipinski definition) is 6. The zero-order chi connectivity index (χ0) is 17.9. The van der Waals surface area contributed by atoms with E-state index in [4.69, 9.17) is 0 Å². The van der Waals surface area contributed by atoms with E-state index in [0.29, 0.717) is 11.3 Å². The number of aromatic nitrogens is 3. The van der Waals surface area contributed by atoms with Crippen molar-refractivity contribution in [3.63, 3.8) is 0 Å². The first-order valence-corrected chi connectivity index (χ1v) is 7.83. The van der Waals surface area contributed by atoms with Crippen LogP contribution >= 0.6 is 11.3 Å². The fourth-order valence-corrected chi connectivity index (χ4v) is 3.10. The molecule has 0 bridgehead atoms. The van der Waals surface area contributed by atoms with Crippen molar-refractivity contribution in [1.29, 1.82) is 0 Å². The Morgan fingerprint density at radius 3 is 2.68 bits per heavy atom. The molecule has 0 atom stereocenters. The summed E-state index contributed by atoms with van der Waals surface area (Å²) in [5.74, 6) is 0. The van der Waals surface area contributed by atoms with E-state index in [1.807, 2.05) is 0 Å². The summed E-state index contributed by atoms with van der Waals surface area (Å²) in [6, 6.07) is 8.01. The lowest BCUT2D eigenvalue weighted by Gasteiger charge is -2.06. The number of halogens is 3. The highest BCUT2D eigenvalue weighted by atomic mass is 32.1. The minimum Gasteiger partial charge on any atom is -0.399 e. The highest BCUT2D eigenvalue weighted by Crippen LogP contribution is 2.42. The summed E-state index contributed by atoms with van der Waals surface area (Å²) in [6.07, 6.45) is -0.259. The molecule has 0 aliphatic carbocycles. The van der Waals surface area contributed by atoms with Gasteiger partial charge in [0.25, 0.3) is 0 Å². The Hall–Kier alpha value is -2.81. The van der Waals surface area contributed by atoms with Gasteiger partial charge in [0.1, 0.15) is 12.1 Å². The van der Waals surface area contributed by atoms with Crippen LogP contribution in [0.4, 0.5) is 13.2 Å². The molecule has 128 valence electrons. The maximum Gasteiger partial charge on any atom is 0.434 e. The van der Waals surface area contributed by atoms with E-state index in [1.165, 1.54) is 25.6 Å². The molecule has 3 heterocycles. The topological polar surface area (TPSA) is 60.3 Å². The van der Waals surface area contributed by atoms with E-state index in [1.54, 1.807) is 30.5 Å². The molecular weight excluding hydrogens is 353 g/mol. The molecule has 0 N–H and O–H groups in total. The predicted molar refractivity (Wildman–Crippen MR) is 88.2 cm³/mol. The fraction of sp³-hybridized carbons (Fsp3) is 0.125. The van der Waals surface area contributed by atoms with Crippen molar-refractivity contribution >= 4 is 17.6 Å². The molecule has 9 heteroatoms. The van der Waals surface area contributed by atoms with Gasteiger partial charge in [0.05, 0.1) is 22.5 Å². The zero-order valence-corrected chi connectivity index (χ0v) is 13.7. The molecule has 5 nitrogen and oxygen atoms in total. The lowest BCUT2D eigenvalue weighted by atomic mass is 10.2. The molecule has 0 amide bonds. The van der Waals surface area contributed by atoms with Crippen LogP contribution in [0.2, 0.25) is 0 Å². The molecule has 0 unspecified atom stereocenters. The summed E-state index contributed by atoms with van der Waals surface area (Å²) in [4.78, 5) is 16.4. The third-order valence-corrected chi connectivity index (χ3v) is 4.22. The maximum atomic E-state index is 13.4. The summed E-state index contributed by atoms with van der Waals surface area (Å²) in [7, 11) is 1.37. The van der Waals surface area contributed by atoms with Gasteiger partial charge in [-0.15, -0.1) is 11.3 Å². The first-order chi connectivity index (χ1) is 12.0. The van der Waals surface area contributed by atoms with Crippen LogP contribution in [0.15, 0.2) is 47.9 Å². The van der Waals surface area contributed by atoms with Crippen LogP contribution in [0.1, 0.15) is 11.4 Å². The van der Waals surface area contributed by atoms with Crippen LogP contribution in [0, 0.1) is 0 Å². The molecule has 0 fully saturated rings. The fourth-order valence-electron chi connectivity index (χ4n) is 2.06. The summed E-state index contributed by atoms with van der Waals surface area (Å²) < 4.78 is 40.3. The average Bonchev–Trinajstić information content (AvgIpc) is 3.07. The summed E-state index contributed by atoms with van der Waals surface area (Å²) in [6.45, 7) is 0. The molecule has 0 aliphatic rings. The molecule has 0 aliphatic heterocycles. The Bertz CT molecular complexity index is 894. The van der Waals surface area contributed by atoms with Crippen LogP contribution in [0.3, 0.4) is 0 Å². The molecule has 0 saturated carbocycles. The van der Waals surface area contributed by atoms with E-state index in [-0.39, 0.29) is 15.6 Å². The van der Waals surface area contributed by atoms with Crippen LogP contribution in [0.5, 0.6) is 0 Å². The normalized spacial score (nSPS) is 11.8. The lowest BCUT2D eigenvalue weighted by Crippen LogP contribution is -2.07. The Labute approximate surface area is 144 Å². The maximum absolute atomic E-state index is 13.4. The molecule has 0 saturated heterocycles. The largest absolute Gasteiger partial charge is 0.434 e. The summed E-state index contributed by atoms with van der Waals surface area (Å²) >= 11 is 0.916. The number of hydrogen-bond donors (Lipinski definition) is 0. The first kappa shape index (κ1) is 17.0. The minimum absolute atomic E-state index is 0.0565. The Balaban J connectivity index is 2.12. The van der Waals surface area contributed by atoms with Crippen LogP contribution in [-0.4, -0.2) is 28.3 Å². The van der Waals surface area contributed by atoms with Crippen molar-refractivity contribution in [3.8, 4) is 21.1 Å². The molecule has 0 spiro atoms. The smallest absolute Gasteiger partial charge is 0.399 e. The molecule has 3 rings (SSSR count). The van der Waals surface area contributed by atoms with Gasteiger partial charge < -0.3 is 4.84 Å². The monoisotopic (exact) mass is 364 g/mol. The van der Waals surface area contributed by atoms with Crippen molar-refractivity contribution in [2.75, 3.05) is 7.11 Å². The summed E-state index contributed by atoms with van der Waals surface area (Å²) in [5, 5.41) is 3.80. The SMILES string of the molecule is CO/N=C/c1cccc(-c2sc(-c3cccnc3)nc2C(F)(F)F)n1. The van der Waals surface area contributed by atoms with Gasteiger partial charge in [0.2, 0.25) is 0 Å². The number of nitrogens with zero attached hydrogens (tertiary/aromatic N) is 4. The van der Waals surface area contributed by atoms with Gasteiger partial charge in [-0.3, -0.25) is 4.98 Å². The van der Waals surface area contributed by atoms with Gasteiger partial charge in [-0.1, -0.05) is 11.2 Å². The van der Waals surface area contributed by atoms with E-state index < -0.39 is 11.9 Å². The second-order valence-electron chi connectivity index (χ2n) is 4.80. The number of oxime groups is 1. The molecule has 3 aromatic heterocycles. The Morgan fingerprint density at radius 2 is 2.00 bits per heavy atom. The number of pyridine rings is 2. The van der Waals surface area contributed by atoms with Gasteiger partial charge in [0, 0.05) is 18.0 Å². The number of rotatable bonds is 4. The van der Waals surface area contributed by atoms with E-state index in [2.05, 4.69) is 24.9 Å². The van der Waals surface area contributed by atoms with Gasteiger partial charge in [-0.05, 0) is 24.3 Å². The zero-order valence-electron chi connectivity index (χ0n) is 12.9. The summed E-state index contributed by atoms with van der Waals surface area (Å²) in [5.41, 5.74) is 0.0925. The standard InChI is InChI=1S/C16H11F3N4OS/c1-24-21-9-11-5-2-6-12(22-11)13-14(16(17,18)19)23-15(25-13)10-4-3-7-20-8-10/h2-9H,1H3/b21-9+. The van der Waals surface area contributed by atoms with Crippen molar-refractivity contribution in [2.24, 2.45) is 5.16 Å². The third kappa shape index (κ3) is 3.82. The highest BCUT2D eigenvalue weighted by molar-refractivity contribution is 7.18. The quantitative estimate of drug-likeness (QED) is 0.512. The van der Waals surface area contributed by atoms with Crippen LogP contribution in [-0.2, 0) is 11.0 Å². The van der Waals surface area contributed by atoms with Crippen molar-refractivity contribution in [1.82, 2.24) is 15.0 Å². The minimum atomic E-state index is -4.59. The van der Waals surface area contributed by atoms with Crippen molar-refractivity contribution in [2.45, 2.75) is 6.18 Å². The Morgan fingerprint density at radius 1 is 1.16 bits per heavy atom. The van der Waals surface area contributed by atoms with Gasteiger partial charge >= 0.3 is 6.18 Å². The number of thiazole rings is 1. The second kappa shape index (κ2) is 6.98. The molecular formula is C16H11F3N4OS. The molecule has 0 radical (unpaired) electrons. The van der Waals surface area contributed by atoms with Crippen molar-refractivity contribution in [3.05, 3.63) is 54.1 Å². The predicted octanol–water partition coefficient (Wildman–Crippen LogP) is 4.27.